The summed E-state index contributed by atoms with van der Waals surface area (Å²) in [4.78, 5) is 41.8. The second-order valence-corrected chi connectivity index (χ2v) is 9.35. The highest BCUT2D eigenvalue weighted by molar-refractivity contribution is 6.04. The predicted molar refractivity (Wildman–Crippen MR) is 125 cm³/mol. The Bertz CT molecular complexity index is 1130. The Balaban J connectivity index is 1.52. The molecule has 5 rings (SSSR count). The van der Waals surface area contributed by atoms with Crippen molar-refractivity contribution in [3.05, 3.63) is 42.5 Å². The third-order valence-electron chi connectivity index (χ3n) is 7.64. The van der Waals surface area contributed by atoms with Gasteiger partial charge in [0, 0.05) is 5.69 Å². The summed E-state index contributed by atoms with van der Waals surface area (Å²) in [5.74, 6) is -2.68. The molecule has 2 unspecified atom stereocenters. The van der Waals surface area contributed by atoms with E-state index in [0.29, 0.717) is 24.9 Å². The normalized spacial score (nSPS) is 30.4. The number of rotatable bonds is 7. The van der Waals surface area contributed by atoms with Crippen LogP contribution in [0.1, 0.15) is 33.1 Å². The minimum absolute atomic E-state index is 0.208. The van der Waals surface area contributed by atoms with Crippen LogP contribution in [-0.2, 0) is 23.9 Å². The summed E-state index contributed by atoms with van der Waals surface area (Å²) >= 11 is 0. The van der Waals surface area contributed by atoms with E-state index in [2.05, 4.69) is 5.32 Å². The molecule has 3 aliphatic rings. The number of carbonyl (C=O) groups excluding carboxylic acids is 3. The standard InChI is InChI=1S/C26H30N2O6/c1-3-18(14-29)28-22(23(30)27-17-10-9-15-7-5-6-8-16(15)13-17)26-12-11-19(34-26)20(21(26)24(28)31)25(32)33-4-2/h5-10,13,18-22,29H,3-4,11-12,14H2,1-2H3,(H,27,30)/t18-,19+,20-,21-,22?,26?/m0/s1. The first-order valence-corrected chi connectivity index (χ1v) is 12.0. The number of benzene rings is 2. The van der Waals surface area contributed by atoms with E-state index in [1.54, 1.807) is 6.92 Å². The van der Waals surface area contributed by atoms with Crippen LogP contribution >= 0.6 is 0 Å². The molecule has 8 heteroatoms. The van der Waals surface area contributed by atoms with Crippen LogP contribution in [-0.4, -0.2) is 64.8 Å². The van der Waals surface area contributed by atoms with Gasteiger partial charge in [0.1, 0.15) is 11.6 Å². The lowest BCUT2D eigenvalue weighted by Crippen LogP contribution is -2.56. The van der Waals surface area contributed by atoms with Gasteiger partial charge in [-0.1, -0.05) is 37.3 Å². The number of aliphatic hydroxyl groups excluding tert-OH is 1. The van der Waals surface area contributed by atoms with Gasteiger partial charge in [-0.3, -0.25) is 14.4 Å². The van der Waals surface area contributed by atoms with E-state index in [-0.39, 0.29) is 25.0 Å². The van der Waals surface area contributed by atoms with E-state index < -0.39 is 41.6 Å². The number of nitrogens with zero attached hydrogens (tertiary/aromatic N) is 1. The van der Waals surface area contributed by atoms with E-state index in [4.69, 9.17) is 9.47 Å². The molecule has 0 aromatic heterocycles. The number of carbonyl (C=O) groups is 3. The van der Waals surface area contributed by atoms with Crippen molar-refractivity contribution in [3.63, 3.8) is 0 Å². The molecule has 2 aromatic rings. The average molecular weight is 467 g/mol. The van der Waals surface area contributed by atoms with Gasteiger partial charge in [0.05, 0.1) is 37.2 Å². The first kappa shape index (κ1) is 22.8. The third kappa shape index (κ3) is 3.31. The van der Waals surface area contributed by atoms with Gasteiger partial charge in [0.15, 0.2) is 0 Å². The van der Waals surface area contributed by atoms with Gasteiger partial charge in [-0.2, -0.15) is 0 Å². The maximum atomic E-state index is 13.8. The summed E-state index contributed by atoms with van der Waals surface area (Å²) in [5.41, 5.74) is -0.495. The molecule has 34 heavy (non-hydrogen) atoms. The molecule has 6 atom stereocenters. The number of anilines is 1. The molecule has 3 heterocycles. The molecule has 3 saturated heterocycles. The molecular weight excluding hydrogens is 436 g/mol. The molecule has 0 aliphatic carbocycles. The fourth-order valence-electron chi connectivity index (χ4n) is 6.18. The Hall–Kier alpha value is -2.97. The highest BCUT2D eigenvalue weighted by Gasteiger charge is 2.75. The molecule has 2 bridgehead atoms. The molecule has 0 saturated carbocycles. The van der Waals surface area contributed by atoms with Gasteiger partial charge in [-0.25, -0.2) is 0 Å². The summed E-state index contributed by atoms with van der Waals surface area (Å²) in [7, 11) is 0. The fourth-order valence-corrected chi connectivity index (χ4v) is 6.18. The van der Waals surface area contributed by atoms with Crippen LogP contribution in [0, 0.1) is 11.8 Å². The molecule has 2 aromatic carbocycles. The Morgan fingerprint density at radius 3 is 2.71 bits per heavy atom. The molecule has 2 N–H and O–H groups in total. The van der Waals surface area contributed by atoms with Gasteiger partial charge in [0.25, 0.3) is 0 Å². The predicted octanol–water partition coefficient (Wildman–Crippen LogP) is 2.49. The Morgan fingerprint density at radius 1 is 1.24 bits per heavy atom. The molecule has 2 amide bonds. The summed E-state index contributed by atoms with van der Waals surface area (Å²) in [6, 6.07) is 12.0. The number of hydrogen-bond acceptors (Lipinski definition) is 6. The average Bonchev–Trinajstić information content (AvgIpc) is 3.48. The van der Waals surface area contributed by atoms with Crippen molar-refractivity contribution < 1.29 is 29.0 Å². The number of nitrogens with one attached hydrogen (secondary N) is 1. The molecular formula is C26H30N2O6. The molecule has 0 radical (unpaired) electrons. The highest BCUT2D eigenvalue weighted by Crippen LogP contribution is 2.59. The fraction of sp³-hybridized carbons (Fsp3) is 0.500. The smallest absolute Gasteiger partial charge is 0.312 e. The van der Waals surface area contributed by atoms with Crippen molar-refractivity contribution in [1.29, 1.82) is 0 Å². The second-order valence-electron chi connectivity index (χ2n) is 9.35. The zero-order valence-electron chi connectivity index (χ0n) is 19.4. The minimum atomic E-state index is -1.11. The Labute approximate surface area is 198 Å². The summed E-state index contributed by atoms with van der Waals surface area (Å²) in [6.45, 7) is 3.51. The van der Waals surface area contributed by atoms with Crippen LogP contribution in [0.5, 0.6) is 0 Å². The van der Waals surface area contributed by atoms with Crippen LogP contribution in [0.4, 0.5) is 5.69 Å². The van der Waals surface area contributed by atoms with Crippen LogP contribution < -0.4 is 5.32 Å². The number of hydrogen-bond donors (Lipinski definition) is 2. The van der Waals surface area contributed by atoms with E-state index in [1.807, 2.05) is 49.4 Å². The van der Waals surface area contributed by atoms with Crippen molar-refractivity contribution >= 4 is 34.2 Å². The second kappa shape index (κ2) is 8.67. The van der Waals surface area contributed by atoms with Crippen molar-refractivity contribution in [2.45, 2.75) is 56.9 Å². The van der Waals surface area contributed by atoms with Gasteiger partial charge in [-0.05, 0) is 49.1 Å². The maximum absolute atomic E-state index is 13.8. The summed E-state index contributed by atoms with van der Waals surface area (Å²) < 4.78 is 11.6. The molecule has 3 aliphatic heterocycles. The lowest BCUT2D eigenvalue weighted by atomic mass is 9.70. The van der Waals surface area contributed by atoms with Crippen molar-refractivity contribution in [2.24, 2.45) is 11.8 Å². The van der Waals surface area contributed by atoms with Crippen molar-refractivity contribution in [1.82, 2.24) is 4.90 Å². The van der Waals surface area contributed by atoms with Crippen molar-refractivity contribution in [3.8, 4) is 0 Å². The monoisotopic (exact) mass is 466 g/mol. The first-order valence-electron chi connectivity index (χ1n) is 12.0. The Morgan fingerprint density at radius 2 is 2.00 bits per heavy atom. The lowest BCUT2D eigenvalue weighted by molar-refractivity contribution is -0.155. The Kier molecular flexibility index (Phi) is 5.81. The van der Waals surface area contributed by atoms with E-state index in [0.717, 1.165) is 10.8 Å². The van der Waals surface area contributed by atoms with E-state index in [9.17, 15) is 19.5 Å². The van der Waals surface area contributed by atoms with Gasteiger partial charge in [0.2, 0.25) is 11.8 Å². The summed E-state index contributed by atoms with van der Waals surface area (Å²) in [5, 5.41) is 15.1. The van der Waals surface area contributed by atoms with Crippen LogP contribution in [0.15, 0.2) is 42.5 Å². The van der Waals surface area contributed by atoms with Crippen LogP contribution in [0.25, 0.3) is 10.8 Å². The molecule has 8 nitrogen and oxygen atoms in total. The van der Waals surface area contributed by atoms with Gasteiger partial charge < -0.3 is 24.8 Å². The zero-order valence-corrected chi connectivity index (χ0v) is 19.4. The van der Waals surface area contributed by atoms with Crippen LogP contribution in [0.3, 0.4) is 0 Å². The number of aliphatic hydroxyl groups is 1. The van der Waals surface area contributed by atoms with E-state index >= 15 is 0 Å². The lowest BCUT2D eigenvalue weighted by Gasteiger charge is -2.36. The number of esters is 1. The minimum Gasteiger partial charge on any atom is -0.466 e. The molecule has 180 valence electrons. The number of ether oxygens (including phenoxy) is 2. The van der Waals surface area contributed by atoms with Gasteiger partial charge in [-0.15, -0.1) is 0 Å². The first-order chi connectivity index (χ1) is 16.4. The van der Waals surface area contributed by atoms with Crippen molar-refractivity contribution in [2.75, 3.05) is 18.5 Å². The summed E-state index contributed by atoms with van der Waals surface area (Å²) in [6.07, 6.45) is 1.10. The van der Waals surface area contributed by atoms with Gasteiger partial charge >= 0.3 is 5.97 Å². The third-order valence-corrected chi connectivity index (χ3v) is 7.64. The quantitative estimate of drug-likeness (QED) is 0.608. The maximum Gasteiger partial charge on any atom is 0.312 e. The SMILES string of the molecule is CCOC(=O)[C@@H]1[C@H]2C(=O)N([C@@H](CC)CO)C(C(=O)Nc3ccc4ccccc4c3)C23CC[C@H]1O3. The molecule has 3 fully saturated rings. The highest BCUT2D eigenvalue weighted by atomic mass is 16.6. The zero-order chi connectivity index (χ0) is 24.0. The largest absolute Gasteiger partial charge is 0.466 e. The molecule has 1 spiro atoms. The van der Waals surface area contributed by atoms with Crippen LogP contribution in [0.2, 0.25) is 0 Å². The number of likely N-dealkylation sites (tertiary alicyclic amines) is 1. The number of fused-ring (bicyclic) bond motifs is 2. The number of amides is 2. The topological polar surface area (TPSA) is 105 Å². The van der Waals surface area contributed by atoms with E-state index in [1.165, 1.54) is 4.90 Å².